The van der Waals surface area contributed by atoms with Crippen LogP contribution in [-0.2, 0) is 10.9 Å². The molecule has 0 aliphatic carbocycles. The molecule has 1 fully saturated rings. The Kier molecular flexibility index (Phi) is 4.00. The molecule has 4 nitrogen and oxygen atoms in total. The first-order valence-corrected chi connectivity index (χ1v) is 5.77. The number of hydrogen-bond acceptors (Lipinski definition) is 4. The second kappa shape index (κ2) is 5.51. The monoisotopic (exact) mass is 261 g/mol. The average molecular weight is 261 g/mol. The van der Waals surface area contributed by atoms with E-state index in [1.54, 1.807) is 0 Å². The number of nitrogens with zero attached hydrogens (tertiary/aromatic N) is 2. The number of rotatable bonds is 3. The quantitative estimate of drug-likeness (QED) is 0.907. The van der Waals surface area contributed by atoms with E-state index in [9.17, 15) is 13.2 Å². The molecule has 1 N–H and O–H groups in total. The maximum atomic E-state index is 12.4. The summed E-state index contributed by atoms with van der Waals surface area (Å²) in [6.07, 6.45) is -1.34. The zero-order valence-corrected chi connectivity index (χ0v) is 9.70. The van der Waals surface area contributed by atoms with Crippen molar-refractivity contribution < 1.29 is 17.9 Å². The summed E-state index contributed by atoms with van der Waals surface area (Å²) in [5, 5.41) is 2.82. The van der Waals surface area contributed by atoms with Gasteiger partial charge in [0.15, 0.2) is 0 Å². The molecule has 7 heteroatoms. The summed E-state index contributed by atoms with van der Waals surface area (Å²) < 4.78 is 42.6. The first-order chi connectivity index (χ1) is 8.55. The minimum atomic E-state index is -4.44. The van der Waals surface area contributed by atoms with E-state index in [1.807, 2.05) is 0 Å². The topological polar surface area (TPSA) is 47.0 Å². The Bertz CT molecular complexity index is 391. The molecule has 0 aromatic carbocycles. The van der Waals surface area contributed by atoms with Crippen molar-refractivity contribution in [3.63, 3.8) is 0 Å². The average Bonchev–Trinajstić information content (AvgIpc) is 2.37. The number of anilines is 1. The fourth-order valence-corrected chi connectivity index (χ4v) is 1.81. The lowest BCUT2D eigenvalue weighted by atomic mass is 10.0. The van der Waals surface area contributed by atoms with Crippen LogP contribution in [0.3, 0.4) is 0 Å². The second-order valence-corrected chi connectivity index (χ2v) is 4.23. The first kappa shape index (κ1) is 13.1. The van der Waals surface area contributed by atoms with Crippen molar-refractivity contribution in [1.82, 2.24) is 9.97 Å². The van der Waals surface area contributed by atoms with E-state index < -0.39 is 11.9 Å². The van der Waals surface area contributed by atoms with Gasteiger partial charge in [0.05, 0.1) is 6.61 Å². The highest BCUT2D eigenvalue weighted by molar-refractivity contribution is 5.26. The Morgan fingerprint density at radius 3 is 2.94 bits per heavy atom. The molecule has 100 valence electrons. The van der Waals surface area contributed by atoms with Crippen LogP contribution in [0.25, 0.3) is 0 Å². The van der Waals surface area contributed by atoms with Crippen molar-refractivity contribution in [3.05, 3.63) is 18.0 Å². The van der Waals surface area contributed by atoms with Gasteiger partial charge < -0.3 is 10.1 Å². The molecule has 18 heavy (non-hydrogen) atoms. The van der Waals surface area contributed by atoms with Crippen molar-refractivity contribution in [2.75, 3.05) is 25.1 Å². The molecule has 0 radical (unpaired) electrons. The zero-order valence-electron chi connectivity index (χ0n) is 9.70. The number of halogens is 3. The SMILES string of the molecule is FC(F)(F)c1ccnc(NCC2CCCOC2)n1. The van der Waals surface area contributed by atoms with E-state index in [1.165, 1.54) is 0 Å². The zero-order chi connectivity index (χ0) is 13.0. The van der Waals surface area contributed by atoms with Gasteiger partial charge in [-0.3, -0.25) is 0 Å². The van der Waals surface area contributed by atoms with Crippen LogP contribution >= 0.6 is 0 Å². The van der Waals surface area contributed by atoms with Crippen molar-refractivity contribution >= 4 is 5.95 Å². The van der Waals surface area contributed by atoms with Gasteiger partial charge in [-0.15, -0.1) is 0 Å². The molecule has 0 saturated carbocycles. The van der Waals surface area contributed by atoms with Crippen molar-refractivity contribution in [2.24, 2.45) is 5.92 Å². The molecule has 1 unspecified atom stereocenters. The van der Waals surface area contributed by atoms with Gasteiger partial charge in [-0.05, 0) is 24.8 Å². The van der Waals surface area contributed by atoms with Crippen LogP contribution in [0.15, 0.2) is 12.3 Å². The van der Waals surface area contributed by atoms with Crippen LogP contribution in [0.2, 0.25) is 0 Å². The fourth-order valence-electron chi connectivity index (χ4n) is 1.81. The second-order valence-electron chi connectivity index (χ2n) is 4.23. The standard InChI is InChI=1S/C11H14F3N3O/c12-11(13,14)9-3-4-15-10(17-9)16-6-8-2-1-5-18-7-8/h3-4,8H,1-2,5-7H2,(H,15,16,17). The van der Waals surface area contributed by atoms with E-state index in [-0.39, 0.29) is 5.95 Å². The van der Waals surface area contributed by atoms with Crippen molar-refractivity contribution in [3.8, 4) is 0 Å². The van der Waals surface area contributed by atoms with E-state index in [4.69, 9.17) is 4.74 Å². The van der Waals surface area contributed by atoms with Gasteiger partial charge in [-0.2, -0.15) is 13.2 Å². The van der Waals surface area contributed by atoms with Crippen molar-refractivity contribution in [2.45, 2.75) is 19.0 Å². The molecule has 2 rings (SSSR count). The molecule has 1 atom stereocenters. The molecule has 0 spiro atoms. The number of hydrogen-bond donors (Lipinski definition) is 1. The Balaban J connectivity index is 1.92. The van der Waals surface area contributed by atoms with Gasteiger partial charge in [-0.1, -0.05) is 0 Å². The van der Waals surface area contributed by atoms with Gasteiger partial charge in [0, 0.05) is 19.3 Å². The first-order valence-electron chi connectivity index (χ1n) is 5.77. The van der Waals surface area contributed by atoms with Crippen LogP contribution in [-0.4, -0.2) is 29.7 Å². The number of nitrogens with one attached hydrogen (secondary N) is 1. The van der Waals surface area contributed by atoms with E-state index in [0.717, 1.165) is 31.7 Å². The van der Waals surface area contributed by atoms with Crippen LogP contribution in [0.5, 0.6) is 0 Å². The normalized spacial score (nSPS) is 20.7. The number of ether oxygens (including phenoxy) is 1. The van der Waals surface area contributed by atoms with Crippen LogP contribution < -0.4 is 5.32 Å². The number of aromatic nitrogens is 2. The molecule has 1 aliphatic rings. The molecule has 1 aromatic rings. The van der Waals surface area contributed by atoms with Gasteiger partial charge >= 0.3 is 6.18 Å². The Morgan fingerprint density at radius 2 is 2.28 bits per heavy atom. The number of alkyl halides is 3. The van der Waals surface area contributed by atoms with E-state index in [0.29, 0.717) is 19.1 Å². The molecule has 0 bridgehead atoms. The van der Waals surface area contributed by atoms with Crippen molar-refractivity contribution in [1.29, 1.82) is 0 Å². The summed E-state index contributed by atoms with van der Waals surface area (Å²) in [4.78, 5) is 7.21. The summed E-state index contributed by atoms with van der Waals surface area (Å²) in [5.41, 5.74) is -0.931. The lowest BCUT2D eigenvalue weighted by Gasteiger charge is -2.22. The third kappa shape index (κ3) is 3.56. The lowest BCUT2D eigenvalue weighted by Crippen LogP contribution is -2.25. The van der Waals surface area contributed by atoms with Gasteiger partial charge in [0.2, 0.25) is 5.95 Å². The smallest absolute Gasteiger partial charge is 0.381 e. The van der Waals surface area contributed by atoms with Crippen LogP contribution in [0, 0.1) is 5.92 Å². The summed E-state index contributed by atoms with van der Waals surface area (Å²) in [6.45, 7) is 1.92. The molecule has 0 amide bonds. The predicted octanol–water partition coefficient (Wildman–Crippen LogP) is 2.33. The Hall–Kier alpha value is -1.37. The summed E-state index contributed by atoms with van der Waals surface area (Å²) >= 11 is 0. The summed E-state index contributed by atoms with van der Waals surface area (Å²) in [5.74, 6) is 0.312. The molecule has 2 heterocycles. The minimum Gasteiger partial charge on any atom is -0.381 e. The van der Waals surface area contributed by atoms with Gasteiger partial charge in [0.1, 0.15) is 5.69 Å². The van der Waals surface area contributed by atoms with Gasteiger partial charge in [0.25, 0.3) is 0 Å². The van der Waals surface area contributed by atoms with E-state index in [2.05, 4.69) is 15.3 Å². The highest BCUT2D eigenvalue weighted by Crippen LogP contribution is 2.27. The lowest BCUT2D eigenvalue weighted by molar-refractivity contribution is -0.141. The maximum Gasteiger partial charge on any atom is 0.433 e. The summed E-state index contributed by atoms with van der Waals surface area (Å²) in [6, 6.07) is 0.856. The van der Waals surface area contributed by atoms with Crippen LogP contribution in [0.4, 0.5) is 19.1 Å². The minimum absolute atomic E-state index is 0.00963. The summed E-state index contributed by atoms with van der Waals surface area (Å²) in [7, 11) is 0. The molecule has 1 aromatic heterocycles. The van der Waals surface area contributed by atoms with Crippen LogP contribution in [0.1, 0.15) is 18.5 Å². The Labute approximate surface area is 103 Å². The largest absolute Gasteiger partial charge is 0.433 e. The molecule has 1 aliphatic heterocycles. The molecule has 1 saturated heterocycles. The third-order valence-corrected chi connectivity index (χ3v) is 2.75. The highest BCUT2D eigenvalue weighted by atomic mass is 19.4. The maximum absolute atomic E-state index is 12.4. The fraction of sp³-hybridized carbons (Fsp3) is 0.636. The molecular weight excluding hydrogens is 247 g/mol. The van der Waals surface area contributed by atoms with E-state index >= 15 is 0 Å². The highest BCUT2D eigenvalue weighted by Gasteiger charge is 2.32. The third-order valence-electron chi connectivity index (χ3n) is 2.75. The predicted molar refractivity (Wildman–Crippen MR) is 59.1 cm³/mol. The Morgan fingerprint density at radius 1 is 1.44 bits per heavy atom. The van der Waals surface area contributed by atoms with Gasteiger partial charge in [-0.25, -0.2) is 9.97 Å². The molecular formula is C11H14F3N3O.